The number of ether oxygens (including phenoxy) is 1. The molecule has 0 fully saturated rings. The fraction of sp³-hybridized carbons (Fsp3) is 0.385. The van der Waals surface area contributed by atoms with Gasteiger partial charge in [-0.3, -0.25) is 0 Å². The molecule has 0 saturated heterocycles. The average molecular weight is 280 g/mol. The quantitative estimate of drug-likeness (QED) is 0.789. The molecule has 2 aliphatic rings. The van der Waals surface area contributed by atoms with Crippen LogP contribution in [0.1, 0.15) is 23.1 Å². The Morgan fingerprint density at radius 3 is 3.00 bits per heavy atom. The second-order valence-corrected chi connectivity index (χ2v) is 5.15. The van der Waals surface area contributed by atoms with Crippen molar-refractivity contribution >= 4 is 21.6 Å². The van der Waals surface area contributed by atoms with Crippen LogP contribution in [0, 0.1) is 0 Å². The van der Waals surface area contributed by atoms with E-state index in [1.165, 1.54) is 22.0 Å². The van der Waals surface area contributed by atoms with Gasteiger partial charge in [0.25, 0.3) is 0 Å². The predicted octanol–water partition coefficient (Wildman–Crippen LogP) is 2.89. The Balaban J connectivity index is 2.23. The maximum atomic E-state index is 5.87. The van der Waals surface area contributed by atoms with E-state index < -0.39 is 0 Å². The zero-order valence-electron chi connectivity index (χ0n) is 9.11. The Morgan fingerprint density at radius 1 is 1.31 bits per heavy atom. The molecule has 2 nitrogen and oxygen atoms in total. The van der Waals surface area contributed by atoms with Crippen molar-refractivity contribution in [3.05, 3.63) is 33.8 Å². The molecule has 84 valence electrons. The lowest BCUT2D eigenvalue weighted by Gasteiger charge is -2.14. The van der Waals surface area contributed by atoms with Gasteiger partial charge in [0.05, 0.1) is 0 Å². The van der Waals surface area contributed by atoms with Crippen LogP contribution in [0.5, 0.6) is 5.75 Å². The van der Waals surface area contributed by atoms with Crippen LogP contribution in [0.3, 0.4) is 0 Å². The zero-order chi connectivity index (χ0) is 11.1. The molecular weight excluding hydrogens is 266 g/mol. The Bertz CT molecular complexity index is 467. The number of fused-ring (bicyclic) bond motifs is 3. The van der Waals surface area contributed by atoms with Crippen LogP contribution in [0.4, 0.5) is 0 Å². The lowest BCUT2D eigenvalue weighted by molar-refractivity contribution is 0.324. The van der Waals surface area contributed by atoms with Crippen LogP contribution in [-0.4, -0.2) is 13.2 Å². The SMILES string of the molecule is C=C1NCCOc2c1cc(Br)c1c2CCC1. The minimum Gasteiger partial charge on any atom is -0.491 e. The monoisotopic (exact) mass is 279 g/mol. The third-order valence-electron chi connectivity index (χ3n) is 3.31. The first-order valence-electron chi connectivity index (χ1n) is 5.67. The summed E-state index contributed by atoms with van der Waals surface area (Å²) >= 11 is 3.65. The van der Waals surface area contributed by atoms with Gasteiger partial charge in [0.2, 0.25) is 0 Å². The van der Waals surface area contributed by atoms with Crippen molar-refractivity contribution in [3.63, 3.8) is 0 Å². The maximum Gasteiger partial charge on any atom is 0.132 e. The molecule has 3 heteroatoms. The van der Waals surface area contributed by atoms with Crippen LogP contribution in [-0.2, 0) is 12.8 Å². The summed E-state index contributed by atoms with van der Waals surface area (Å²) < 4.78 is 7.07. The zero-order valence-corrected chi connectivity index (χ0v) is 10.7. The third kappa shape index (κ3) is 1.46. The van der Waals surface area contributed by atoms with Gasteiger partial charge in [-0.1, -0.05) is 22.5 Å². The van der Waals surface area contributed by atoms with Crippen molar-refractivity contribution < 1.29 is 4.74 Å². The Morgan fingerprint density at radius 2 is 2.12 bits per heavy atom. The number of rotatable bonds is 0. The molecular formula is C13H14BrNO. The van der Waals surface area contributed by atoms with Gasteiger partial charge in [0, 0.05) is 22.3 Å². The lowest BCUT2D eigenvalue weighted by Crippen LogP contribution is -2.14. The van der Waals surface area contributed by atoms with Gasteiger partial charge >= 0.3 is 0 Å². The van der Waals surface area contributed by atoms with Crippen LogP contribution < -0.4 is 10.1 Å². The summed E-state index contributed by atoms with van der Waals surface area (Å²) in [5, 5.41) is 3.28. The van der Waals surface area contributed by atoms with Crippen molar-refractivity contribution in [2.45, 2.75) is 19.3 Å². The van der Waals surface area contributed by atoms with Gasteiger partial charge < -0.3 is 10.1 Å². The van der Waals surface area contributed by atoms with Gasteiger partial charge in [0.1, 0.15) is 12.4 Å². The number of hydrogen-bond acceptors (Lipinski definition) is 2. The summed E-state index contributed by atoms with van der Waals surface area (Å²) in [4.78, 5) is 0. The van der Waals surface area contributed by atoms with E-state index in [9.17, 15) is 0 Å². The molecule has 1 aromatic carbocycles. The molecule has 0 unspecified atom stereocenters. The number of nitrogens with one attached hydrogen (secondary N) is 1. The van der Waals surface area contributed by atoms with Gasteiger partial charge in [-0.05, 0) is 36.5 Å². The minimum atomic E-state index is 0.722. The first-order valence-corrected chi connectivity index (χ1v) is 6.47. The summed E-state index contributed by atoms with van der Waals surface area (Å²) in [7, 11) is 0. The Hall–Kier alpha value is -0.960. The molecule has 0 amide bonds. The average Bonchev–Trinajstić information content (AvgIpc) is 2.69. The van der Waals surface area contributed by atoms with Crippen molar-refractivity contribution in [2.24, 2.45) is 0 Å². The van der Waals surface area contributed by atoms with E-state index in [2.05, 4.69) is 33.9 Å². The van der Waals surface area contributed by atoms with Crippen LogP contribution in [0.15, 0.2) is 17.1 Å². The molecule has 1 aliphatic carbocycles. The second-order valence-electron chi connectivity index (χ2n) is 4.30. The molecule has 0 bridgehead atoms. The molecule has 16 heavy (non-hydrogen) atoms. The molecule has 0 atom stereocenters. The lowest BCUT2D eigenvalue weighted by atomic mass is 10.0. The van der Waals surface area contributed by atoms with Gasteiger partial charge in [-0.2, -0.15) is 0 Å². The highest BCUT2D eigenvalue weighted by atomic mass is 79.9. The van der Waals surface area contributed by atoms with Crippen LogP contribution in [0.25, 0.3) is 5.70 Å². The van der Waals surface area contributed by atoms with E-state index in [1.54, 1.807) is 0 Å². The van der Waals surface area contributed by atoms with E-state index in [0.29, 0.717) is 0 Å². The highest BCUT2D eigenvalue weighted by molar-refractivity contribution is 9.10. The number of hydrogen-bond donors (Lipinski definition) is 1. The standard InChI is InChI=1S/C13H14BrNO/c1-8-11-7-12(14)9-3-2-4-10(9)13(11)16-6-5-15-8/h7,15H,1-6H2. The molecule has 1 heterocycles. The maximum absolute atomic E-state index is 5.87. The van der Waals surface area contributed by atoms with E-state index >= 15 is 0 Å². The molecule has 1 aliphatic heterocycles. The van der Waals surface area contributed by atoms with E-state index in [1.807, 2.05) is 0 Å². The fourth-order valence-electron chi connectivity index (χ4n) is 2.54. The summed E-state index contributed by atoms with van der Waals surface area (Å²) in [6.45, 7) is 5.63. The molecule has 1 N–H and O–H groups in total. The first-order chi connectivity index (χ1) is 7.77. The highest BCUT2D eigenvalue weighted by Gasteiger charge is 2.24. The largest absolute Gasteiger partial charge is 0.491 e. The highest BCUT2D eigenvalue weighted by Crippen LogP contribution is 2.41. The topological polar surface area (TPSA) is 21.3 Å². The van der Waals surface area contributed by atoms with E-state index in [4.69, 9.17) is 4.74 Å². The number of benzene rings is 1. The number of halogens is 1. The smallest absolute Gasteiger partial charge is 0.132 e. The fourth-order valence-corrected chi connectivity index (χ4v) is 3.21. The second kappa shape index (κ2) is 3.81. The summed E-state index contributed by atoms with van der Waals surface area (Å²) in [6.07, 6.45) is 3.52. The molecule has 0 radical (unpaired) electrons. The minimum absolute atomic E-state index is 0.722. The van der Waals surface area contributed by atoms with Gasteiger partial charge in [-0.25, -0.2) is 0 Å². The first kappa shape index (κ1) is 10.2. The Labute approximate surface area is 104 Å². The van der Waals surface area contributed by atoms with Crippen molar-refractivity contribution in [1.29, 1.82) is 0 Å². The molecule has 0 spiro atoms. The summed E-state index contributed by atoms with van der Waals surface area (Å²) in [6, 6.07) is 2.14. The van der Waals surface area contributed by atoms with Gasteiger partial charge in [-0.15, -0.1) is 0 Å². The van der Waals surface area contributed by atoms with Crippen molar-refractivity contribution in [3.8, 4) is 5.75 Å². The normalized spacial score (nSPS) is 18.2. The van der Waals surface area contributed by atoms with Crippen LogP contribution in [0.2, 0.25) is 0 Å². The Kier molecular flexibility index (Phi) is 2.43. The van der Waals surface area contributed by atoms with E-state index in [0.717, 1.165) is 43.0 Å². The van der Waals surface area contributed by atoms with Crippen molar-refractivity contribution in [2.75, 3.05) is 13.2 Å². The van der Waals surface area contributed by atoms with Gasteiger partial charge in [0.15, 0.2) is 0 Å². The molecule has 1 aromatic rings. The molecule has 0 saturated carbocycles. The van der Waals surface area contributed by atoms with E-state index in [-0.39, 0.29) is 0 Å². The third-order valence-corrected chi connectivity index (χ3v) is 4.02. The predicted molar refractivity (Wildman–Crippen MR) is 68.7 cm³/mol. The summed E-state index contributed by atoms with van der Waals surface area (Å²) in [5.41, 5.74) is 4.90. The van der Waals surface area contributed by atoms with Crippen molar-refractivity contribution in [1.82, 2.24) is 5.32 Å². The molecule has 0 aromatic heterocycles. The van der Waals surface area contributed by atoms with Crippen LogP contribution >= 0.6 is 15.9 Å². The molecule has 3 rings (SSSR count). The summed E-state index contributed by atoms with van der Waals surface area (Å²) in [5.74, 6) is 1.06.